The van der Waals surface area contributed by atoms with Crippen LogP contribution in [0.1, 0.15) is 35.9 Å². The van der Waals surface area contributed by atoms with E-state index in [0.29, 0.717) is 11.4 Å². The lowest BCUT2D eigenvalue weighted by atomic mass is 10.2. The number of rotatable bonds is 5. The highest BCUT2D eigenvalue weighted by Gasteiger charge is 2.23. The first-order chi connectivity index (χ1) is 13.7. The van der Waals surface area contributed by atoms with Crippen molar-refractivity contribution in [2.75, 3.05) is 10.6 Å². The van der Waals surface area contributed by atoms with Crippen molar-refractivity contribution in [2.45, 2.75) is 33.8 Å². The van der Waals surface area contributed by atoms with E-state index < -0.39 is 18.0 Å². The Balaban J connectivity index is 1.64. The summed E-state index contributed by atoms with van der Waals surface area (Å²) in [6.45, 7) is 6.48. The van der Waals surface area contributed by atoms with E-state index in [2.05, 4.69) is 25.7 Å². The first kappa shape index (κ1) is 19.9. The Morgan fingerprint density at radius 1 is 1.03 bits per heavy atom. The van der Waals surface area contributed by atoms with Crippen LogP contribution in [0.3, 0.4) is 0 Å². The highest BCUT2D eigenvalue weighted by molar-refractivity contribution is 5.97. The van der Waals surface area contributed by atoms with Crippen LogP contribution in [0.15, 0.2) is 30.3 Å². The Hall–Kier alpha value is -3.82. The monoisotopic (exact) mass is 396 g/mol. The molecule has 0 aliphatic rings. The lowest BCUT2D eigenvalue weighted by Gasteiger charge is -2.12. The van der Waals surface area contributed by atoms with E-state index in [1.807, 2.05) is 19.9 Å². The van der Waals surface area contributed by atoms with Gasteiger partial charge in [0.15, 0.2) is 6.10 Å². The number of hydrogen-bond donors (Lipinski definition) is 2. The summed E-state index contributed by atoms with van der Waals surface area (Å²) in [5, 5.41) is 9.35. The van der Waals surface area contributed by atoms with E-state index in [1.165, 1.54) is 18.4 Å². The number of carbonyl (C=O) groups excluding carboxylic acids is 3. The molecule has 1 unspecified atom stereocenters. The van der Waals surface area contributed by atoms with Crippen LogP contribution in [0.5, 0.6) is 0 Å². The van der Waals surface area contributed by atoms with Crippen molar-refractivity contribution in [3.05, 3.63) is 47.5 Å². The van der Waals surface area contributed by atoms with E-state index >= 15 is 0 Å². The Morgan fingerprint density at radius 2 is 1.66 bits per heavy atom. The van der Waals surface area contributed by atoms with E-state index in [0.717, 1.165) is 11.4 Å². The maximum absolute atomic E-state index is 12.3. The molecule has 150 valence electrons. The number of aromatic nitrogens is 4. The summed E-state index contributed by atoms with van der Waals surface area (Å²) in [4.78, 5) is 43.9. The molecule has 0 saturated carbocycles. The molecule has 2 amide bonds. The smallest absolute Gasteiger partial charge is 0.379 e. The van der Waals surface area contributed by atoms with Gasteiger partial charge in [-0.3, -0.25) is 9.59 Å². The van der Waals surface area contributed by atoms with Gasteiger partial charge in [0.1, 0.15) is 0 Å². The van der Waals surface area contributed by atoms with Gasteiger partial charge >= 0.3 is 5.97 Å². The number of ether oxygens (including phenoxy) is 1. The lowest BCUT2D eigenvalue weighted by Crippen LogP contribution is -2.30. The van der Waals surface area contributed by atoms with Crippen LogP contribution in [0.4, 0.5) is 11.4 Å². The Bertz CT molecular complexity index is 1090. The van der Waals surface area contributed by atoms with Crippen LogP contribution in [-0.2, 0) is 14.3 Å². The van der Waals surface area contributed by atoms with E-state index in [4.69, 9.17) is 4.74 Å². The van der Waals surface area contributed by atoms with Crippen molar-refractivity contribution in [3.8, 4) is 0 Å². The molecule has 3 aromatic rings. The van der Waals surface area contributed by atoms with Gasteiger partial charge in [-0.05, 0) is 51.1 Å². The Labute approximate surface area is 166 Å². The topological polar surface area (TPSA) is 128 Å². The largest absolute Gasteiger partial charge is 0.447 e. The van der Waals surface area contributed by atoms with Crippen LogP contribution in [0.25, 0.3) is 5.78 Å². The fourth-order valence-electron chi connectivity index (χ4n) is 2.60. The van der Waals surface area contributed by atoms with Gasteiger partial charge in [-0.1, -0.05) is 0 Å². The van der Waals surface area contributed by atoms with Gasteiger partial charge in [0.2, 0.25) is 5.91 Å². The second-order valence-electron chi connectivity index (χ2n) is 6.48. The molecule has 1 atom stereocenters. The van der Waals surface area contributed by atoms with Gasteiger partial charge in [-0.2, -0.15) is 4.98 Å². The number of aryl methyl sites for hydroxylation is 2. The van der Waals surface area contributed by atoms with Gasteiger partial charge in [0, 0.05) is 29.7 Å². The molecule has 2 N–H and O–H groups in total. The quantitative estimate of drug-likeness (QED) is 0.630. The molecule has 0 fully saturated rings. The van der Waals surface area contributed by atoms with Crippen LogP contribution in [0, 0.1) is 13.8 Å². The van der Waals surface area contributed by atoms with Crippen molar-refractivity contribution in [2.24, 2.45) is 0 Å². The number of hydrogen-bond acceptors (Lipinski definition) is 7. The standard InChI is InChI=1S/C19H20N6O4/c1-10-9-11(2)25-19(20-10)23-16(24-25)18(28)29-12(3)17(27)22-15-7-5-14(6-8-15)21-13(4)26/h5-9,12H,1-4H3,(H,21,26)(H,22,27). The fraction of sp³-hybridized carbons (Fsp3) is 0.263. The van der Waals surface area contributed by atoms with E-state index in [-0.39, 0.29) is 17.5 Å². The molecular formula is C19H20N6O4. The molecule has 10 heteroatoms. The summed E-state index contributed by atoms with van der Waals surface area (Å²) in [5.74, 6) is -1.42. The minimum atomic E-state index is -1.07. The summed E-state index contributed by atoms with van der Waals surface area (Å²) in [6.07, 6.45) is -1.07. The summed E-state index contributed by atoms with van der Waals surface area (Å²) in [5.41, 5.74) is 2.62. The van der Waals surface area contributed by atoms with Crippen molar-refractivity contribution in [1.82, 2.24) is 19.6 Å². The highest BCUT2D eigenvalue weighted by atomic mass is 16.5. The maximum Gasteiger partial charge on any atom is 0.379 e. The summed E-state index contributed by atoms with van der Waals surface area (Å²) in [7, 11) is 0. The number of nitrogens with one attached hydrogen (secondary N) is 2. The van der Waals surface area contributed by atoms with Crippen LogP contribution < -0.4 is 10.6 Å². The SMILES string of the molecule is CC(=O)Nc1ccc(NC(=O)C(C)OC(=O)c2nc3nc(C)cc(C)n3n2)cc1. The first-order valence-electron chi connectivity index (χ1n) is 8.83. The molecule has 0 aliphatic carbocycles. The van der Waals surface area contributed by atoms with Gasteiger partial charge in [-0.25, -0.2) is 14.3 Å². The van der Waals surface area contributed by atoms with Crippen molar-refractivity contribution < 1.29 is 19.1 Å². The van der Waals surface area contributed by atoms with Gasteiger partial charge in [0.25, 0.3) is 17.5 Å². The molecule has 10 nitrogen and oxygen atoms in total. The molecule has 0 saturated heterocycles. The molecule has 1 aromatic carbocycles. The third kappa shape index (κ3) is 4.72. The number of amides is 2. The minimum absolute atomic E-state index is 0.175. The summed E-state index contributed by atoms with van der Waals surface area (Å²) < 4.78 is 6.61. The van der Waals surface area contributed by atoms with E-state index in [1.54, 1.807) is 24.3 Å². The second kappa shape index (κ2) is 8.05. The molecule has 29 heavy (non-hydrogen) atoms. The highest BCUT2D eigenvalue weighted by Crippen LogP contribution is 2.14. The second-order valence-corrected chi connectivity index (χ2v) is 6.48. The molecule has 3 rings (SSSR count). The van der Waals surface area contributed by atoms with Crippen LogP contribution >= 0.6 is 0 Å². The Morgan fingerprint density at radius 3 is 2.28 bits per heavy atom. The molecule has 2 aromatic heterocycles. The van der Waals surface area contributed by atoms with Crippen molar-refractivity contribution >= 4 is 34.9 Å². The van der Waals surface area contributed by atoms with Crippen LogP contribution in [0.2, 0.25) is 0 Å². The number of anilines is 2. The third-order valence-electron chi connectivity index (χ3n) is 3.93. The van der Waals surface area contributed by atoms with Gasteiger partial charge in [-0.15, -0.1) is 5.10 Å². The number of carbonyl (C=O) groups is 3. The van der Waals surface area contributed by atoms with Gasteiger partial charge < -0.3 is 15.4 Å². The van der Waals surface area contributed by atoms with E-state index in [9.17, 15) is 14.4 Å². The maximum atomic E-state index is 12.3. The Kier molecular flexibility index (Phi) is 5.53. The molecular weight excluding hydrogens is 376 g/mol. The lowest BCUT2D eigenvalue weighted by molar-refractivity contribution is -0.123. The van der Waals surface area contributed by atoms with Crippen molar-refractivity contribution in [1.29, 1.82) is 0 Å². The number of nitrogens with zero attached hydrogens (tertiary/aromatic N) is 4. The molecule has 0 aliphatic heterocycles. The molecule has 0 radical (unpaired) electrons. The zero-order valence-corrected chi connectivity index (χ0v) is 16.4. The average molecular weight is 396 g/mol. The molecule has 2 heterocycles. The fourth-order valence-corrected chi connectivity index (χ4v) is 2.60. The zero-order chi connectivity index (χ0) is 21.1. The molecule has 0 spiro atoms. The summed E-state index contributed by atoms with van der Waals surface area (Å²) >= 11 is 0. The minimum Gasteiger partial charge on any atom is -0.447 e. The summed E-state index contributed by atoms with van der Waals surface area (Å²) in [6, 6.07) is 8.34. The number of benzene rings is 1. The van der Waals surface area contributed by atoms with Crippen molar-refractivity contribution in [3.63, 3.8) is 0 Å². The number of esters is 1. The predicted molar refractivity (Wildman–Crippen MR) is 105 cm³/mol. The first-order valence-corrected chi connectivity index (χ1v) is 8.83. The predicted octanol–water partition coefficient (Wildman–Crippen LogP) is 1.88. The zero-order valence-electron chi connectivity index (χ0n) is 16.4. The normalized spacial score (nSPS) is 11.7. The average Bonchev–Trinajstić information content (AvgIpc) is 3.07. The van der Waals surface area contributed by atoms with Crippen LogP contribution in [-0.4, -0.2) is 43.5 Å². The third-order valence-corrected chi connectivity index (χ3v) is 3.93. The van der Waals surface area contributed by atoms with Gasteiger partial charge in [0.05, 0.1) is 0 Å². The number of fused-ring (bicyclic) bond motifs is 1. The molecule has 0 bridgehead atoms.